The second-order valence-corrected chi connectivity index (χ2v) is 3.47. The molecule has 0 fully saturated rings. The average Bonchev–Trinajstić information content (AvgIpc) is 2.23. The number of aliphatic hydroxyl groups excluding tert-OH is 1. The highest BCUT2D eigenvalue weighted by Crippen LogP contribution is 2.48. The number of esters is 1. The molecule has 0 aliphatic heterocycles. The number of rotatable bonds is 6. The van der Waals surface area contributed by atoms with Crippen LogP contribution < -0.4 is 0 Å². The fourth-order valence-corrected chi connectivity index (χ4v) is 0.928. The minimum Gasteiger partial charge on any atom is -0.460 e. The van der Waals surface area contributed by atoms with Gasteiger partial charge in [-0.15, -0.1) is 0 Å². The molecule has 1 atom stereocenters. The van der Waals surface area contributed by atoms with Crippen LogP contribution >= 0.6 is 0 Å². The number of ether oxygens (including phenoxy) is 1. The first-order valence-electron chi connectivity index (χ1n) is 4.64. The van der Waals surface area contributed by atoms with Crippen LogP contribution in [0.15, 0.2) is 12.7 Å². The van der Waals surface area contributed by atoms with Crippen molar-refractivity contribution >= 4 is 5.97 Å². The van der Waals surface area contributed by atoms with Crippen LogP contribution in [-0.2, 0) is 9.53 Å². The predicted octanol–water partition coefficient (Wildman–Crippen LogP) is 2.30. The summed E-state index contributed by atoms with van der Waals surface area (Å²) in [6, 6.07) is 0. The zero-order chi connectivity index (χ0) is 15.5. The molecule has 3 nitrogen and oxygen atoms in total. The molecule has 0 aromatic heterocycles. The Morgan fingerprint density at radius 1 is 1.21 bits per heavy atom. The summed E-state index contributed by atoms with van der Waals surface area (Å²) in [5, 5.41) is 8.87. The summed E-state index contributed by atoms with van der Waals surface area (Å²) in [6.07, 6.45) is -10.5. The smallest absolute Gasteiger partial charge is 0.459 e. The van der Waals surface area contributed by atoms with Crippen molar-refractivity contribution in [1.29, 1.82) is 0 Å². The van der Waals surface area contributed by atoms with Crippen LogP contribution in [0.5, 0.6) is 0 Å². The summed E-state index contributed by atoms with van der Waals surface area (Å²) >= 11 is 0. The van der Waals surface area contributed by atoms with Crippen molar-refractivity contribution in [3.63, 3.8) is 0 Å². The lowest BCUT2D eigenvalue weighted by atomic mass is 10.0. The van der Waals surface area contributed by atoms with E-state index in [1.54, 1.807) is 0 Å². The normalized spacial score (nSPS) is 14.9. The zero-order valence-electron chi connectivity index (χ0n) is 9.19. The Morgan fingerprint density at radius 3 is 2.05 bits per heavy atom. The Labute approximate surface area is 102 Å². The molecule has 0 spiro atoms. The number of alkyl halides is 7. The molecule has 1 unspecified atom stereocenters. The quantitative estimate of drug-likeness (QED) is 0.465. The molecule has 0 radical (unpaired) electrons. The summed E-state index contributed by atoms with van der Waals surface area (Å²) in [6.45, 7) is 1.75. The van der Waals surface area contributed by atoms with Gasteiger partial charge in [-0.05, 0) is 0 Å². The molecule has 0 aliphatic carbocycles. The van der Waals surface area contributed by atoms with Crippen LogP contribution in [0.4, 0.5) is 30.7 Å². The fraction of sp³-hybridized carbons (Fsp3) is 0.667. The van der Waals surface area contributed by atoms with Crippen molar-refractivity contribution in [3.05, 3.63) is 12.7 Å². The molecule has 0 aliphatic rings. The van der Waals surface area contributed by atoms with Crippen LogP contribution in [0.3, 0.4) is 0 Å². The Kier molecular flexibility index (Phi) is 5.36. The van der Waals surface area contributed by atoms with Crippen LogP contribution in [0.1, 0.15) is 6.42 Å². The molecule has 0 bridgehead atoms. The van der Waals surface area contributed by atoms with Crippen molar-refractivity contribution in [3.8, 4) is 0 Å². The molecule has 0 aromatic carbocycles. The first kappa shape index (κ1) is 17.7. The average molecular weight is 298 g/mol. The number of hydrogen-bond acceptors (Lipinski definition) is 3. The standard InChI is InChI=1S/C9H9F7O3/c1-2-6(18)19-4-5(17)3-7(10,11)8(12,13)9(14,15)16/h2,5,17H,1,3-4H2. The van der Waals surface area contributed by atoms with Crippen molar-refractivity contribution < 1.29 is 45.4 Å². The lowest BCUT2D eigenvalue weighted by molar-refractivity contribution is -0.358. The van der Waals surface area contributed by atoms with Gasteiger partial charge in [-0.2, -0.15) is 30.7 Å². The van der Waals surface area contributed by atoms with Gasteiger partial charge in [0.25, 0.3) is 0 Å². The van der Waals surface area contributed by atoms with E-state index in [2.05, 4.69) is 11.3 Å². The zero-order valence-corrected chi connectivity index (χ0v) is 9.19. The van der Waals surface area contributed by atoms with Crippen LogP contribution in [0, 0.1) is 0 Å². The second kappa shape index (κ2) is 5.76. The van der Waals surface area contributed by atoms with Gasteiger partial charge in [-0.3, -0.25) is 0 Å². The second-order valence-electron chi connectivity index (χ2n) is 3.47. The molecular formula is C9H9F7O3. The van der Waals surface area contributed by atoms with Crippen molar-refractivity contribution in [2.75, 3.05) is 6.61 Å². The number of aliphatic hydroxyl groups is 1. The van der Waals surface area contributed by atoms with Gasteiger partial charge >= 0.3 is 24.0 Å². The van der Waals surface area contributed by atoms with E-state index in [0.717, 1.165) is 0 Å². The fourth-order valence-electron chi connectivity index (χ4n) is 0.928. The first-order chi connectivity index (χ1) is 8.35. The Balaban J connectivity index is 4.68. The van der Waals surface area contributed by atoms with Gasteiger partial charge in [0.2, 0.25) is 0 Å². The predicted molar refractivity (Wildman–Crippen MR) is 47.7 cm³/mol. The molecule has 19 heavy (non-hydrogen) atoms. The number of halogens is 7. The summed E-state index contributed by atoms with van der Waals surface area (Å²) in [5.41, 5.74) is 0. The van der Waals surface area contributed by atoms with Crippen LogP contribution in [0.2, 0.25) is 0 Å². The lowest BCUT2D eigenvalue weighted by Gasteiger charge is -2.29. The van der Waals surface area contributed by atoms with Crippen LogP contribution in [-0.4, -0.2) is 41.8 Å². The van der Waals surface area contributed by atoms with E-state index in [-0.39, 0.29) is 0 Å². The monoisotopic (exact) mass is 298 g/mol. The SMILES string of the molecule is C=CC(=O)OCC(O)CC(F)(F)C(F)(F)C(F)(F)F. The van der Waals surface area contributed by atoms with Crippen molar-refractivity contribution in [1.82, 2.24) is 0 Å². The maximum atomic E-state index is 12.8. The summed E-state index contributed by atoms with van der Waals surface area (Å²) in [4.78, 5) is 10.5. The highest BCUT2D eigenvalue weighted by molar-refractivity contribution is 5.81. The summed E-state index contributed by atoms with van der Waals surface area (Å²) in [7, 11) is 0. The molecule has 0 aromatic rings. The highest BCUT2D eigenvalue weighted by Gasteiger charge is 2.72. The van der Waals surface area contributed by atoms with E-state index in [0.29, 0.717) is 6.08 Å². The molecule has 0 heterocycles. The van der Waals surface area contributed by atoms with E-state index in [4.69, 9.17) is 5.11 Å². The third kappa shape index (κ3) is 4.37. The Hall–Kier alpha value is -1.32. The topological polar surface area (TPSA) is 46.5 Å². The highest BCUT2D eigenvalue weighted by atomic mass is 19.4. The molecule has 0 saturated carbocycles. The maximum Gasteiger partial charge on any atom is 0.459 e. The molecular weight excluding hydrogens is 289 g/mol. The maximum absolute atomic E-state index is 12.8. The van der Waals surface area contributed by atoms with E-state index in [9.17, 15) is 35.5 Å². The third-order valence-electron chi connectivity index (χ3n) is 1.89. The molecule has 0 saturated heterocycles. The van der Waals surface area contributed by atoms with Gasteiger partial charge in [-0.25, -0.2) is 4.79 Å². The summed E-state index contributed by atoms with van der Waals surface area (Å²) < 4.78 is 89.6. The third-order valence-corrected chi connectivity index (χ3v) is 1.89. The summed E-state index contributed by atoms with van der Waals surface area (Å²) in [5.74, 6) is -13.0. The van der Waals surface area contributed by atoms with Crippen LogP contribution in [0.25, 0.3) is 0 Å². The molecule has 112 valence electrons. The Bertz CT molecular complexity index is 337. The molecule has 1 N–H and O–H groups in total. The number of carbonyl (C=O) groups is 1. The van der Waals surface area contributed by atoms with E-state index in [1.165, 1.54) is 0 Å². The lowest BCUT2D eigenvalue weighted by Crippen LogP contribution is -2.53. The van der Waals surface area contributed by atoms with Gasteiger partial charge < -0.3 is 9.84 Å². The van der Waals surface area contributed by atoms with Crippen molar-refractivity contribution in [2.45, 2.75) is 30.5 Å². The Morgan fingerprint density at radius 2 is 1.68 bits per heavy atom. The number of hydrogen-bond donors (Lipinski definition) is 1. The minimum atomic E-state index is -6.46. The van der Waals surface area contributed by atoms with Gasteiger partial charge in [0, 0.05) is 12.5 Å². The molecule has 0 amide bonds. The van der Waals surface area contributed by atoms with Gasteiger partial charge in [0.05, 0.1) is 6.10 Å². The minimum absolute atomic E-state index is 0.592. The van der Waals surface area contributed by atoms with Gasteiger partial charge in [0.15, 0.2) is 0 Å². The van der Waals surface area contributed by atoms with E-state index < -0.39 is 43.1 Å². The van der Waals surface area contributed by atoms with Gasteiger partial charge in [-0.1, -0.05) is 6.58 Å². The largest absolute Gasteiger partial charge is 0.460 e. The molecule has 0 rings (SSSR count). The van der Waals surface area contributed by atoms with Crippen molar-refractivity contribution in [2.24, 2.45) is 0 Å². The molecule has 10 heteroatoms. The van der Waals surface area contributed by atoms with Gasteiger partial charge in [0.1, 0.15) is 6.61 Å². The van der Waals surface area contributed by atoms with E-state index in [1.807, 2.05) is 0 Å². The first-order valence-corrected chi connectivity index (χ1v) is 4.64. The number of carbonyl (C=O) groups excluding carboxylic acids is 1. The van der Waals surface area contributed by atoms with E-state index >= 15 is 0 Å².